The number of anilines is 2. The molecule has 2 aromatic carbocycles. The molecule has 1 aliphatic rings. The van der Waals surface area contributed by atoms with Gasteiger partial charge in [-0.15, -0.1) is 0 Å². The molecule has 0 aliphatic carbocycles. The molecule has 1 amide bonds. The summed E-state index contributed by atoms with van der Waals surface area (Å²) in [6.07, 6.45) is 2.63. The maximum absolute atomic E-state index is 13.2. The summed E-state index contributed by atoms with van der Waals surface area (Å²) in [5.41, 5.74) is 5.55. The smallest absolute Gasteiger partial charge is 0.224 e. The van der Waals surface area contributed by atoms with E-state index in [-0.39, 0.29) is 17.1 Å². The third-order valence-electron chi connectivity index (χ3n) is 5.67. The van der Waals surface area contributed by atoms with Crippen LogP contribution in [0.2, 0.25) is 0 Å². The highest BCUT2D eigenvalue weighted by atomic mass is 19.1. The largest absolute Gasteiger partial charge is 0.371 e. The molecule has 0 saturated carbocycles. The second kappa shape index (κ2) is 8.56. The zero-order chi connectivity index (χ0) is 21.2. The Bertz CT molecular complexity index is 836. The summed E-state index contributed by atoms with van der Waals surface area (Å²) in [5, 5.41) is 3.11. The van der Waals surface area contributed by atoms with E-state index in [9.17, 15) is 9.18 Å². The molecule has 1 fully saturated rings. The Morgan fingerprint density at radius 3 is 2.14 bits per heavy atom. The van der Waals surface area contributed by atoms with Crippen molar-refractivity contribution in [3.63, 3.8) is 0 Å². The monoisotopic (exact) mass is 396 g/mol. The second-order valence-corrected chi connectivity index (χ2v) is 9.55. The molecular formula is C25H33FN2O. The third-order valence-corrected chi connectivity index (χ3v) is 5.67. The summed E-state index contributed by atoms with van der Waals surface area (Å²) in [5.74, 6) is 0.383. The van der Waals surface area contributed by atoms with Gasteiger partial charge in [-0.25, -0.2) is 4.39 Å². The Balaban J connectivity index is 1.66. The van der Waals surface area contributed by atoms with Crippen molar-refractivity contribution >= 4 is 17.3 Å². The minimum Gasteiger partial charge on any atom is -0.371 e. The molecule has 1 aliphatic heterocycles. The van der Waals surface area contributed by atoms with Crippen molar-refractivity contribution in [3.05, 3.63) is 58.9 Å². The number of amides is 1. The van der Waals surface area contributed by atoms with E-state index in [4.69, 9.17) is 0 Å². The number of carbonyl (C=O) groups excluding carboxylic acids is 1. The van der Waals surface area contributed by atoms with Crippen LogP contribution in [-0.2, 0) is 4.79 Å². The lowest BCUT2D eigenvalue weighted by Gasteiger charge is -2.34. The molecule has 0 bridgehead atoms. The zero-order valence-electron chi connectivity index (χ0n) is 18.3. The first-order chi connectivity index (χ1) is 13.6. The lowest BCUT2D eigenvalue weighted by Crippen LogP contribution is -2.33. The van der Waals surface area contributed by atoms with Gasteiger partial charge in [-0.05, 0) is 79.0 Å². The van der Waals surface area contributed by atoms with E-state index in [0.717, 1.165) is 42.7 Å². The highest BCUT2D eigenvalue weighted by molar-refractivity contribution is 5.93. The Labute approximate surface area is 174 Å². The first kappa shape index (κ1) is 21.4. The number of nitrogens with one attached hydrogen (secondary N) is 1. The molecule has 0 aromatic heterocycles. The highest BCUT2D eigenvalue weighted by Gasteiger charge is 2.22. The van der Waals surface area contributed by atoms with E-state index in [0.29, 0.717) is 12.3 Å². The van der Waals surface area contributed by atoms with Gasteiger partial charge in [0.05, 0.1) is 0 Å². The molecule has 156 valence electrons. The number of hydrogen-bond acceptors (Lipinski definition) is 2. The molecule has 0 atom stereocenters. The van der Waals surface area contributed by atoms with Gasteiger partial charge in [-0.3, -0.25) is 4.79 Å². The summed E-state index contributed by atoms with van der Waals surface area (Å²) in [7, 11) is 0. The van der Waals surface area contributed by atoms with Crippen LogP contribution in [-0.4, -0.2) is 19.0 Å². The van der Waals surface area contributed by atoms with Gasteiger partial charge in [-0.1, -0.05) is 32.9 Å². The number of piperidine rings is 1. The average molecular weight is 397 g/mol. The number of carbonyl (C=O) groups is 1. The summed E-state index contributed by atoms with van der Waals surface area (Å²) in [6.45, 7) is 12.3. The normalized spacial score (nSPS) is 15.4. The Morgan fingerprint density at radius 1 is 1.07 bits per heavy atom. The minimum atomic E-state index is -0.174. The van der Waals surface area contributed by atoms with Gasteiger partial charge in [-0.2, -0.15) is 0 Å². The van der Waals surface area contributed by atoms with Crippen LogP contribution in [0.3, 0.4) is 0 Å². The number of halogens is 1. The van der Waals surface area contributed by atoms with Crippen molar-refractivity contribution < 1.29 is 9.18 Å². The van der Waals surface area contributed by atoms with E-state index >= 15 is 0 Å². The van der Waals surface area contributed by atoms with Crippen LogP contribution in [0, 0.1) is 25.1 Å². The van der Waals surface area contributed by atoms with E-state index in [1.165, 1.54) is 11.3 Å². The molecule has 0 unspecified atom stereocenters. The van der Waals surface area contributed by atoms with Gasteiger partial charge >= 0.3 is 0 Å². The van der Waals surface area contributed by atoms with Gasteiger partial charge in [0.15, 0.2) is 0 Å². The van der Waals surface area contributed by atoms with E-state index in [1.54, 1.807) is 12.1 Å². The van der Waals surface area contributed by atoms with Crippen LogP contribution in [0.1, 0.15) is 62.6 Å². The van der Waals surface area contributed by atoms with Crippen molar-refractivity contribution in [1.29, 1.82) is 0 Å². The predicted molar refractivity (Wildman–Crippen MR) is 119 cm³/mol. The predicted octanol–water partition coefficient (Wildman–Crippen LogP) is 6.20. The first-order valence-corrected chi connectivity index (χ1v) is 10.5. The lowest BCUT2D eigenvalue weighted by molar-refractivity contribution is -0.117. The molecule has 1 N–H and O–H groups in total. The van der Waals surface area contributed by atoms with Crippen molar-refractivity contribution in [2.24, 2.45) is 5.41 Å². The van der Waals surface area contributed by atoms with Crippen LogP contribution in [0.25, 0.3) is 0 Å². The molecule has 0 spiro atoms. The lowest BCUT2D eigenvalue weighted by atomic mass is 9.89. The Hall–Kier alpha value is -2.36. The Kier molecular flexibility index (Phi) is 6.30. The topological polar surface area (TPSA) is 32.3 Å². The summed E-state index contributed by atoms with van der Waals surface area (Å²) in [6, 6.07) is 11.3. The maximum atomic E-state index is 13.2. The molecule has 1 heterocycles. The van der Waals surface area contributed by atoms with E-state index < -0.39 is 0 Å². The van der Waals surface area contributed by atoms with Crippen LogP contribution in [0.15, 0.2) is 36.4 Å². The van der Waals surface area contributed by atoms with E-state index in [1.807, 2.05) is 12.1 Å². The minimum absolute atomic E-state index is 0.0271. The highest BCUT2D eigenvalue weighted by Crippen LogP contribution is 2.33. The fraction of sp³-hybridized carbons (Fsp3) is 0.480. The molecule has 0 radical (unpaired) electrons. The summed E-state index contributed by atoms with van der Waals surface area (Å²) >= 11 is 0. The summed E-state index contributed by atoms with van der Waals surface area (Å²) in [4.78, 5) is 14.8. The third kappa shape index (κ3) is 5.59. The number of rotatable bonds is 4. The average Bonchev–Trinajstić information content (AvgIpc) is 2.64. The van der Waals surface area contributed by atoms with Gasteiger partial charge in [0.25, 0.3) is 0 Å². The SMILES string of the molecule is Cc1cc(N2CCC(c3ccc(F)cc3)CC2)cc(C)c1NC(=O)CC(C)(C)C. The van der Waals surface area contributed by atoms with Gasteiger partial charge in [0.2, 0.25) is 5.91 Å². The molecule has 29 heavy (non-hydrogen) atoms. The zero-order valence-corrected chi connectivity index (χ0v) is 18.3. The van der Waals surface area contributed by atoms with Gasteiger partial charge < -0.3 is 10.2 Å². The maximum Gasteiger partial charge on any atom is 0.224 e. The van der Waals surface area contributed by atoms with Crippen LogP contribution in [0.4, 0.5) is 15.8 Å². The molecule has 2 aromatic rings. The standard InChI is InChI=1S/C25H33FN2O/c1-17-14-22(15-18(2)24(17)27-23(29)16-25(3,4)5)28-12-10-20(11-13-28)19-6-8-21(26)9-7-19/h6-9,14-15,20H,10-13,16H2,1-5H3,(H,27,29). The fourth-order valence-corrected chi connectivity index (χ4v) is 4.19. The molecule has 3 nitrogen and oxygen atoms in total. The molecule has 1 saturated heterocycles. The fourth-order valence-electron chi connectivity index (χ4n) is 4.19. The number of aryl methyl sites for hydroxylation is 2. The van der Waals surface area contributed by atoms with Crippen LogP contribution in [0.5, 0.6) is 0 Å². The van der Waals surface area contributed by atoms with Gasteiger partial charge in [0, 0.05) is 30.9 Å². The molecule has 4 heteroatoms. The van der Waals surface area contributed by atoms with Crippen LogP contribution < -0.4 is 10.2 Å². The quantitative estimate of drug-likeness (QED) is 0.667. The van der Waals surface area contributed by atoms with Crippen molar-refractivity contribution in [1.82, 2.24) is 0 Å². The number of benzene rings is 2. The van der Waals surface area contributed by atoms with E-state index in [2.05, 4.69) is 57.0 Å². The van der Waals surface area contributed by atoms with Crippen LogP contribution >= 0.6 is 0 Å². The molecular weight excluding hydrogens is 363 g/mol. The summed E-state index contributed by atoms with van der Waals surface area (Å²) < 4.78 is 13.2. The second-order valence-electron chi connectivity index (χ2n) is 9.55. The number of hydrogen-bond donors (Lipinski definition) is 1. The molecule has 3 rings (SSSR count). The first-order valence-electron chi connectivity index (χ1n) is 10.5. The van der Waals surface area contributed by atoms with Gasteiger partial charge in [0.1, 0.15) is 5.82 Å². The number of nitrogens with zero attached hydrogens (tertiary/aromatic N) is 1. The van der Waals surface area contributed by atoms with Crippen molar-refractivity contribution in [2.45, 2.75) is 59.8 Å². The Morgan fingerprint density at radius 2 is 1.62 bits per heavy atom. The van der Waals surface area contributed by atoms with Crippen molar-refractivity contribution in [2.75, 3.05) is 23.3 Å². The van der Waals surface area contributed by atoms with Crippen molar-refractivity contribution in [3.8, 4) is 0 Å².